The number of hydrogen-bond donors (Lipinski definition) is 2. The molecule has 0 aliphatic carbocycles. The van der Waals surface area contributed by atoms with E-state index in [9.17, 15) is 4.79 Å². The number of nitrogens with one attached hydrogen (secondary N) is 1. The highest BCUT2D eigenvalue weighted by Crippen LogP contribution is 2.32. The summed E-state index contributed by atoms with van der Waals surface area (Å²) in [5.41, 5.74) is 9.13. The molecule has 0 saturated carbocycles. The number of rotatable bonds is 3. The van der Waals surface area contributed by atoms with Gasteiger partial charge in [-0.3, -0.25) is 4.79 Å². The Morgan fingerprint density at radius 1 is 1.36 bits per heavy atom. The highest BCUT2D eigenvalue weighted by atomic mass is 79.9. The summed E-state index contributed by atoms with van der Waals surface area (Å²) in [6.07, 6.45) is 0.602. The maximum Gasteiger partial charge on any atom is 0.231 e. The first kappa shape index (κ1) is 19.4. The molecule has 25 heavy (non-hydrogen) atoms. The minimum Gasteiger partial charge on any atom is -0.497 e. The molecule has 2 aromatic rings. The van der Waals surface area contributed by atoms with Crippen molar-refractivity contribution in [3.8, 4) is 11.5 Å². The molecule has 1 atom stereocenters. The third kappa shape index (κ3) is 4.19. The Hall–Kier alpha value is -1.92. The standard InChI is InChI=1S/C18H19BrN2O3.ClH/c1-10-5-13(19)8-15(17(10)20)21-18(22)12-6-11-7-14(23-2)3-4-16(11)24-9-12;/h3-5,7-8,12H,6,9,20H2,1-2H3,(H,21,22);1H. The Balaban J connectivity index is 0.00000225. The minimum absolute atomic E-state index is 0. The number of benzene rings is 2. The number of aryl methyl sites for hydroxylation is 1. The van der Waals surface area contributed by atoms with Crippen LogP contribution >= 0.6 is 28.3 Å². The fraction of sp³-hybridized carbons (Fsp3) is 0.278. The van der Waals surface area contributed by atoms with Crippen LogP contribution in [0.4, 0.5) is 11.4 Å². The number of carbonyl (C=O) groups excluding carboxylic acids is 1. The fourth-order valence-electron chi connectivity index (χ4n) is 2.76. The van der Waals surface area contributed by atoms with Gasteiger partial charge in [-0.1, -0.05) is 15.9 Å². The lowest BCUT2D eigenvalue weighted by atomic mass is 9.95. The normalized spacial score (nSPS) is 15.4. The first-order chi connectivity index (χ1) is 11.5. The van der Waals surface area contributed by atoms with Crippen LogP contribution in [-0.4, -0.2) is 19.6 Å². The molecular weight excluding hydrogens is 408 g/mol. The zero-order valence-electron chi connectivity index (χ0n) is 14.0. The number of fused-ring (bicyclic) bond motifs is 1. The van der Waals surface area contributed by atoms with Crippen LogP contribution in [0, 0.1) is 12.8 Å². The first-order valence-corrected chi connectivity index (χ1v) is 8.43. The summed E-state index contributed by atoms with van der Waals surface area (Å²) < 4.78 is 11.8. The second-order valence-corrected chi connectivity index (χ2v) is 6.77. The molecule has 0 saturated heterocycles. The van der Waals surface area contributed by atoms with Gasteiger partial charge < -0.3 is 20.5 Å². The lowest BCUT2D eigenvalue weighted by Crippen LogP contribution is -2.32. The molecular formula is C18H20BrClN2O3. The van der Waals surface area contributed by atoms with Gasteiger partial charge in [0, 0.05) is 4.47 Å². The second-order valence-electron chi connectivity index (χ2n) is 5.86. The molecule has 7 heteroatoms. The Labute approximate surface area is 161 Å². The molecule has 1 aliphatic heterocycles. The Bertz CT molecular complexity index is 798. The van der Waals surface area contributed by atoms with Crippen LogP contribution in [0.25, 0.3) is 0 Å². The molecule has 1 unspecified atom stereocenters. The van der Waals surface area contributed by atoms with Crippen LogP contribution in [0.1, 0.15) is 11.1 Å². The van der Waals surface area contributed by atoms with Gasteiger partial charge in [-0.25, -0.2) is 0 Å². The first-order valence-electron chi connectivity index (χ1n) is 7.64. The minimum atomic E-state index is -0.275. The van der Waals surface area contributed by atoms with E-state index in [2.05, 4.69) is 21.2 Å². The third-order valence-corrected chi connectivity index (χ3v) is 4.61. The molecule has 1 aliphatic rings. The van der Waals surface area contributed by atoms with Gasteiger partial charge in [0.1, 0.15) is 18.1 Å². The van der Waals surface area contributed by atoms with Crippen molar-refractivity contribution in [1.29, 1.82) is 0 Å². The van der Waals surface area contributed by atoms with Crippen molar-refractivity contribution in [2.75, 3.05) is 24.8 Å². The Morgan fingerprint density at radius 2 is 2.12 bits per heavy atom. The molecule has 134 valence electrons. The SMILES string of the molecule is COc1ccc2c(c1)CC(C(=O)Nc1cc(Br)cc(C)c1N)CO2.Cl. The molecule has 1 heterocycles. The fourth-order valence-corrected chi connectivity index (χ4v) is 3.33. The van der Waals surface area contributed by atoms with Gasteiger partial charge in [0.25, 0.3) is 0 Å². The van der Waals surface area contributed by atoms with Gasteiger partial charge in [0.15, 0.2) is 0 Å². The maximum atomic E-state index is 12.6. The summed E-state index contributed by atoms with van der Waals surface area (Å²) in [7, 11) is 1.62. The van der Waals surface area contributed by atoms with Gasteiger partial charge in [-0.2, -0.15) is 0 Å². The molecule has 2 aromatic carbocycles. The molecule has 5 nitrogen and oxygen atoms in total. The molecule has 0 aromatic heterocycles. The quantitative estimate of drug-likeness (QED) is 0.727. The number of nitrogens with two attached hydrogens (primary N) is 1. The highest BCUT2D eigenvalue weighted by Gasteiger charge is 2.27. The van der Waals surface area contributed by atoms with Crippen molar-refractivity contribution in [2.24, 2.45) is 5.92 Å². The molecule has 3 rings (SSSR count). The number of methoxy groups -OCH3 is 1. The van der Waals surface area contributed by atoms with Crippen LogP contribution < -0.4 is 20.5 Å². The predicted molar refractivity (Wildman–Crippen MR) is 105 cm³/mol. The van der Waals surface area contributed by atoms with Crippen LogP contribution in [0.15, 0.2) is 34.8 Å². The molecule has 3 N–H and O–H groups in total. The number of halogens is 2. The summed E-state index contributed by atoms with van der Waals surface area (Å²) in [6, 6.07) is 9.35. The van der Waals surface area contributed by atoms with E-state index in [4.69, 9.17) is 15.2 Å². The third-order valence-electron chi connectivity index (χ3n) is 4.15. The molecule has 0 spiro atoms. The van der Waals surface area contributed by atoms with Crippen molar-refractivity contribution in [2.45, 2.75) is 13.3 Å². The Kier molecular flexibility index (Phi) is 6.19. The van der Waals surface area contributed by atoms with E-state index in [1.807, 2.05) is 31.2 Å². The van der Waals surface area contributed by atoms with E-state index in [1.165, 1.54) is 0 Å². The maximum absolute atomic E-state index is 12.6. The predicted octanol–water partition coefficient (Wildman–Crippen LogP) is 3.96. The summed E-state index contributed by atoms with van der Waals surface area (Å²) in [6.45, 7) is 2.25. The summed E-state index contributed by atoms with van der Waals surface area (Å²) in [5, 5.41) is 2.92. The number of carbonyl (C=O) groups is 1. The number of ether oxygens (including phenoxy) is 2. The van der Waals surface area contributed by atoms with Crippen LogP contribution in [0.5, 0.6) is 11.5 Å². The average Bonchev–Trinajstić information content (AvgIpc) is 2.58. The van der Waals surface area contributed by atoms with Crippen molar-refractivity contribution < 1.29 is 14.3 Å². The van der Waals surface area contributed by atoms with Gasteiger partial charge in [-0.05, 0) is 54.8 Å². The highest BCUT2D eigenvalue weighted by molar-refractivity contribution is 9.10. The van der Waals surface area contributed by atoms with E-state index in [1.54, 1.807) is 13.2 Å². The van der Waals surface area contributed by atoms with Crippen molar-refractivity contribution in [3.63, 3.8) is 0 Å². The zero-order valence-corrected chi connectivity index (χ0v) is 16.4. The van der Waals surface area contributed by atoms with Crippen molar-refractivity contribution >= 4 is 45.6 Å². The van der Waals surface area contributed by atoms with Gasteiger partial charge in [-0.15, -0.1) is 12.4 Å². The van der Waals surface area contributed by atoms with Gasteiger partial charge in [0.05, 0.1) is 24.4 Å². The molecule has 1 amide bonds. The second kappa shape index (κ2) is 7.97. The summed E-state index contributed by atoms with van der Waals surface area (Å²) >= 11 is 3.42. The lowest BCUT2D eigenvalue weighted by Gasteiger charge is -2.25. The number of anilines is 2. The van der Waals surface area contributed by atoms with E-state index < -0.39 is 0 Å². The van der Waals surface area contributed by atoms with Crippen LogP contribution in [0.2, 0.25) is 0 Å². The largest absolute Gasteiger partial charge is 0.497 e. The van der Waals surface area contributed by atoms with Crippen molar-refractivity contribution in [1.82, 2.24) is 0 Å². The van der Waals surface area contributed by atoms with Crippen LogP contribution in [-0.2, 0) is 11.2 Å². The van der Waals surface area contributed by atoms with E-state index in [-0.39, 0.29) is 24.2 Å². The number of amides is 1. The van der Waals surface area contributed by atoms with Crippen LogP contribution in [0.3, 0.4) is 0 Å². The van der Waals surface area contributed by atoms with Gasteiger partial charge >= 0.3 is 0 Å². The summed E-state index contributed by atoms with van der Waals surface area (Å²) in [5.74, 6) is 1.18. The van der Waals surface area contributed by atoms with E-state index in [0.29, 0.717) is 24.4 Å². The number of hydrogen-bond acceptors (Lipinski definition) is 4. The number of nitrogen functional groups attached to an aromatic ring is 1. The van der Waals surface area contributed by atoms with E-state index >= 15 is 0 Å². The molecule has 0 bridgehead atoms. The smallest absolute Gasteiger partial charge is 0.231 e. The zero-order chi connectivity index (χ0) is 17.3. The average molecular weight is 428 g/mol. The van der Waals surface area contributed by atoms with Crippen molar-refractivity contribution in [3.05, 3.63) is 45.9 Å². The van der Waals surface area contributed by atoms with E-state index in [0.717, 1.165) is 27.1 Å². The monoisotopic (exact) mass is 426 g/mol. The summed E-state index contributed by atoms with van der Waals surface area (Å²) in [4.78, 5) is 12.6. The van der Waals surface area contributed by atoms with Gasteiger partial charge in [0.2, 0.25) is 5.91 Å². The lowest BCUT2D eigenvalue weighted by molar-refractivity contribution is -0.121. The topological polar surface area (TPSA) is 73.6 Å². The molecule has 0 radical (unpaired) electrons. The molecule has 0 fully saturated rings. The Morgan fingerprint density at radius 3 is 2.84 bits per heavy atom.